The fourth-order valence-electron chi connectivity index (χ4n) is 6.15. The van der Waals surface area contributed by atoms with Crippen molar-refractivity contribution >= 4 is 66.2 Å². The first-order valence-corrected chi connectivity index (χ1v) is 18.5. The fourth-order valence-corrected chi connectivity index (χ4v) is 6.15. The normalized spacial score (nSPS) is 10.1. The lowest BCUT2D eigenvalue weighted by Gasteiger charge is -2.13. The number of ketones is 4. The highest BCUT2D eigenvalue weighted by molar-refractivity contribution is 6.24. The Bertz CT molecular complexity index is 2430. The number of carbonyl (C=O) groups excluding carboxylic acids is 4. The minimum absolute atomic E-state index is 0.0186. The van der Waals surface area contributed by atoms with E-state index in [1.54, 1.807) is 62.8 Å². The highest BCUT2D eigenvalue weighted by atomic mass is 16.5. The van der Waals surface area contributed by atoms with Crippen LogP contribution in [0.15, 0.2) is 146 Å². The summed E-state index contributed by atoms with van der Waals surface area (Å²) >= 11 is 0. The van der Waals surface area contributed by atoms with Crippen molar-refractivity contribution in [1.82, 2.24) is 0 Å². The van der Waals surface area contributed by atoms with Crippen LogP contribution in [0.25, 0.3) is 43.1 Å². The number of fused-ring (bicyclic) bond motifs is 1. The van der Waals surface area contributed by atoms with Crippen LogP contribution in [0.4, 0.5) is 0 Å². The van der Waals surface area contributed by atoms with Gasteiger partial charge < -0.3 is 9.47 Å². The summed E-state index contributed by atoms with van der Waals surface area (Å²) in [5, 5.41) is 10.0. The second-order valence-electron chi connectivity index (χ2n) is 12.7. The Morgan fingerprint density at radius 3 is 1.18 bits per heavy atom. The molecule has 0 saturated heterocycles. The van der Waals surface area contributed by atoms with E-state index in [0.717, 1.165) is 11.5 Å². The predicted molar refractivity (Wildman–Crippen MR) is 231 cm³/mol. The van der Waals surface area contributed by atoms with Gasteiger partial charge in [0.1, 0.15) is 11.5 Å². The van der Waals surface area contributed by atoms with Crippen LogP contribution < -0.4 is 9.47 Å². The molecule has 0 saturated carbocycles. The number of ether oxygens (including phenoxy) is 2. The van der Waals surface area contributed by atoms with Gasteiger partial charge in [-0.15, -0.1) is 0 Å². The Balaban J connectivity index is 0.000000167. The molecule has 0 heterocycles. The van der Waals surface area contributed by atoms with Gasteiger partial charge in [0, 0.05) is 38.4 Å². The van der Waals surface area contributed by atoms with E-state index in [1.807, 2.05) is 38.1 Å². The SMILES string of the molecule is CC.CC(=O)c1ccc(C(C)=O)cc1.CC(=O)c1ccc(C(C)=O)cc1.COc1cc2cccc3ccc4cccc1c4c32.COc1cccc2ccccc12. The van der Waals surface area contributed by atoms with Crippen LogP contribution in [0, 0.1) is 0 Å². The van der Waals surface area contributed by atoms with Gasteiger partial charge in [0.05, 0.1) is 14.2 Å². The first kappa shape index (κ1) is 42.1. The summed E-state index contributed by atoms with van der Waals surface area (Å²) in [5.74, 6) is 1.96. The summed E-state index contributed by atoms with van der Waals surface area (Å²) < 4.78 is 10.8. The maximum atomic E-state index is 10.8. The lowest BCUT2D eigenvalue weighted by Crippen LogP contribution is -1.95. The zero-order valence-corrected chi connectivity index (χ0v) is 33.3. The molecule has 0 bridgehead atoms. The molecule has 0 unspecified atom stereocenters. The molecular formula is C50H48O6. The highest BCUT2D eigenvalue weighted by Crippen LogP contribution is 2.39. The van der Waals surface area contributed by atoms with Crippen molar-refractivity contribution in [3.63, 3.8) is 0 Å². The number of Topliss-reactive ketones (excluding diaryl/α,β-unsaturated/α-hetero) is 4. The molecule has 0 aliphatic heterocycles. The van der Waals surface area contributed by atoms with Crippen molar-refractivity contribution < 1.29 is 28.7 Å². The second kappa shape index (κ2) is 20.1. The van der Waals surface area contributed by atoms with Crippen molar-refractivity contribution in [2.45, 2.75) is 41.5 Å². The van der Waals surface area contributed by atoms with Crippen molar-refractivity contribution in [1.29, 1.82) is 0 Å². The molecule has 0 atom stereocenters. The summed E-state index contributed by atoms with van der Waals surface area (Å²) in [6.45, 7) is 10.0. The van der Waals surface area contributed by atoms with E-state index >= 15 is 0 Å². The molecular weight excluding hydrogens is 697 g/mol. The molecule has 8 aromatic rings. The minimum Gasteiger partial charge on any atom is -0.496 e. The number of rotatable bonds is 6. The molecule has 0 spiro atoms. The van der Waals surface area contributed by atoms with Crippen LogP contribution in [0.1, 0.15) is 83.0 Å². The topological polar surface area (TPSA) is 86.7 Å². The maximum absolute atomic E-state index is 10.8. The van der Waals surface area contributed by atoms with Crippen LogP contribution in [-0.4, -0.2) is 37.4 Å². The monoisotopic (exact) mass is 744 g/mol. The maximum Gasteiger partial charge on any atom is 0.159 e. The van der Waals surface area contributed by atoms with E-state index in [4.69, 9.17) is 9.47 Å². The minimum atomic E-state index is 0.0186. The zero-order chi connectivity index (χ0) is 40.8. The summed E-state index contributed by atoms with van der Waals surface area (Å²) in [7, 11) is 3.43. The summed E-state index contributed by atoms with van der Waals surface area (Å²) in [4.78, 5) is 43.4. The van der Waals surface area contributed by atoms with Gasteiger partial charge in [0.15, 0.2) is 23.1 Å². The van der Waals surface area contributed by atoms with Crippen LogP contribution in [0.5, 0.6) is 11.5 Å². The molecule has 56 heavy (non-hydrogen) atoms. The molecule has 0 N–H and O–H groups in total. The van der Waals surface area contributed by atoms with Gasteiger partial charge in [-0.3, -0.25) is 19.2 Å². The third-order valence-corrected chi connectivity index (χ3v) is 9.06. The van der Waals surface area contributed by atoms with Gasteiger partial charge in [-0.1, -0.05) is 147 Å². The fraction of sp³-hybridized carbons (Fsp3) is 0.160. The van der Waals surface area contributed by atoms with Crippen molar-refractivity contribution in [3.8, 4) is 11.5 Å². The van der Waals surface area contributed by atoms with E-state index in [0.29, 0.717) is 22.3 Å². The van der Waals surface area contributed by atoms with Crippen LogP contribution in [0.3, 0.4) is 0 Å². The van der Waals surface area contributed by atoms with E-state index in [-0.39, 0.29) is 23.1 Å². The van der Waals surface area contributed by atoms with E-state index in [2.05, 4.69) is 72.8 Å². The molecule has 6 nitrogen and oxygen atoms in total. The summed E-state index contributed by atoms with van der Waals surface area (Å²) in [6, 6.07) is 46.9. The summed E-state index contributed by atoms with van der Waals surface area (Å²) in [6.07, 6.45) is 0. The van der Waals surface area contributed by atoms with Crippen LogP contribution >= 0.6 is 0 Å². The molecule has 0 aliphatic carbocycles. The quantitative estimate of drug-likeness (QED) is 0.124. The van der Waals surface area contributed by atoms with E-state index < -0.39 is 0 Å². The number of carbonyl (C=O) groups is 4. The van der Waals surface area contributed by atoms with Crippen LogP contribution in [-0.2, 0) is 0 Å². The molecule has 6 heteroatoms. The average molecular weight is 745 g/mol. The first-order chi connectivity index (χ1) is 27.0. The van der Waals surface area contributed by atoms with Crippen LogP contribution in [0.2, 0.25) is 0 Å². The number of hydrogen-bond acceptors (Lipinski definition) is 6. The van der Waals surface area contributed by atoms with E-state index in [9.17, 15) is 19.2 Å². The molecule has 0 radical (unpaired) electrons. The molecule has 0 aromatic heterocycles. The standard InChI is InChI=1S/C17H12O.C11H10O.2C10H10O2.C2H6/c1-18-15-10-13-6-2-4-11-8-9-12-5-3-7-14(15)17(12)16(11)13;1-12-11-8-4-6-9-5-2-3-7-10(9)11;2*1-7(11)9-3-5-10(6-4-9)8(2)12;1-2/h2-10H,1H3;2-8H,1H3;2*3-6H,1-2H3;1-2H3. The van der Waals surface area contributed by atoms with Crippen molar-refractivity contribution in [3.05, 3.63) is 168 Å². The largest absolute Gasteiger partial charge is 0.496 e. The van der Waals surface area contributed by atoms with Gasteiger partial charge in [-0.05, 0) is 66.8 Å². The number of hydrogen-bond donors (Lipinski definition) is 0. The molecule has 284 valence electrons. The van der Waals surface area contributed by atoms with Crippen molar-refractivity contribution in [2.75, 3.05) is 14.2 Å². The van der Waals surface area contributed by atoms with Gasteiger partial charge >= 0.3 is 0 Å². The van der Waals surface area contributed by atoms with Gasteiger partial charge in [0.2, 0.25) is 0 Å². The van der Waals surface area contributed by atoms with Gasteiger partial charge in [-0.2, -0.15) is 0 Å². The Morgan fingerprint density at radius 1 is 0.357 bits per heavy atom. The second-order valence-corrected chi connectivity index (χ2v) is 12.7. The Labute approximate surface area is 329 Å². The number of benzene rings is 8. The lowest BCUT2D eigenvalue weighted by molar-refractivity contribution is 0.100. The third-order valence-electron chi connectivity index (χ3n) is 9.06. The molecule has 0 fully saturated rings. The smallest absolute Gasteiger partial charge is 0.159 e. The Kier molecular flexibility index (Phi) is 15.1. The molecule has 0 aliphatic rings. The summed E-state index contributed by atoms with van der Waals surface area (Å²) in [5.41, 5.74) is 2.56. The lowest BCUT2D eigenvalue weighted by atomic mass is 9.94. The third kappa shape index (κ3) is 10.3. The average Bonchev–Trinajstić information content (AvgIpc) is 3.24. The Morgan fingerprint density at radius 2 is 0.714 bits per heavy atom. The molecule has 8 aromatic carbocycles. The predicted octanol–water partition coefficient (Wildman–Crippen LogP) is 12.7. The molecule has 8 rings (SSSR count). The Hall–Kier alpha value is -6.66. The van der Waals surface area contributed by atoms with Gasteiger partial charge in [0.25, 0.3) is 0 Å². The first-order valence-electron chi connectivity index (χ1n) is 18.5. The molecule has 0 amide bonds. The highest BCUT2D eigenvalue weighted by Gasteiger charge is 2.11. The van der Waals surface area contributed by atoms with Gasteiger partial charge in [-0.25, -0.2) is 0 Å². The van der Waals surface area contributed by atoms with Crippen molar-refractivity contribution in [2.24, 2.45) is 0 Å². The van der Waals surface area contributed by atoms with E-state index in [1.165, 1.54) is 70.8 Å². The zero-order valence-electron chi connectivity index (χ0n) is 33.3. The number of methoxy groups -OCH3 is 2.